The Balaban J connectivity index is 1.93. The number of halogens is 1. The fourth-order valence-electron chi connectivity index (χ4n) is 5.00. The number of aliphatic hydroxyl groups is 1. The van der Waals surface area contributed by atoms with Crippen molar-refractivity contribution in [1.82, 2.24) is 19.8 Å². The zero-order valence-electron chi connectivity index (χ0n) is 22.6. The van der Waals surface area contributed by atoms with Crippen LogP contribution in [0.3, 0.4) is 0 Å². The van der Waals surface area contributed by atoms with Crippen molar-refractivity contribution in [2.24, 2.45) is 0 Å². The van der Waals surface area contributed by atoms with Crippen LogP contribution in [0.2, 0.25) is 5.02 Å². The number of non-ortho nitro benzene ring substituents is 1. The van der Waals surface area contributed by atoms with E-state index in [-0.39, 0.29) is 36.6 Å². The van der Waals surface area contributed by atoms with Gasteiger partial charge >= 0.3 is 6.09 Å². The Morgan fingerprint density at radius 2 is 1.83 bits per heavy atom. The molecule has 0 aromatic heterocycles. The summed E-state index contributed by atoms with van der Waals surface area (Å²) in [5.74, 6) is 0. The first kappa shape index (κ1) is 33.0. The van der Waals surface area contributed by atoms with E-state index in [1.807, 2.05) is 5.32 Å². The van der Waals surface area contributed by atoms with Crippen molar-refractivity contribution in [2.45, 2.75) is 48.0 Å². The van der Waals surface area contributed by atoms with Crippen LogP contribution in [0.15, 0.2) is 53.4 Å². The lowest BCUT2D eigenvalue weighted by atomic mass is 9.82. The molecule has 1 heterocycles. The van der Waals surface area contributed by atoms with E-state index in [2.05, 4.69) is 5.32 Å². The monoisotopic (exact) mass is 625 g/mol. The average molecular weight is 626 g/mol. The molecule has 3 rings (SSSR count). The van der Waals surface area contributed by atoms with E-state index in [0.717, 1.165) is 17.7 Å². The summed E-state index contributed by atoms with van der Waals surface area (Å²) in [6.07, 6.45) is -1.09. The van der Waals surface area contributed by atoms with Crippen LogP contribution in [-0.4, -0.2) is 102 Å². The number of likely N-dealkylation sites (N-methyl/N-ethyl adjacent to an activating group) is 1. The third-order valence-corrected chi connectivity index (χ3v) is 9.42. The fourth-order valence-corrected chi connectivity index (χ4v) is 6.69. The SMILES string of the molecule is CN([C@@H](O)C(C=O)NC[C@@H](C=O)NC(=O)O)[C@@]1(Cc2ccc(Cl)cc2)CCCN(S(=O)(=O)c2ccc([N+](=O)[O-])cc2)C1. The minimum Gasteiger partial charge on any atom is -0.465 e. The second-order valence-electron chi connectivity index (χ2n) is 10.0. The summed E-state index contributed by atoms with van der Waals surface area (Å²) in [4.78, 5) is 45.9. The van der Waals surface area contributed by atoms with Gasteiger partial charge in [-0.3, -0.25) is 15.0 Å². The van der Waals surface area contributed by atoms with Gasteiger partial charge in [0, 0.05) is 42.3 Å². The number of carbonyl (C=O) groups excluding carboxylic acids is 2. The van der Waals surface area contributed by atoms with Crippen LogP contribution in [0.4, 0.5) is 10.5 Å². The molecule has 2 aromatic carbocycles. The van der Waals surface area contributed by atoms with Crippen molar-refractivity contribution >= 4 is 46.0 Å². The molecule has 4 atom stereocenters. The van der Waals surface area contributed by atoms with E-state index in [0.29, 0.717) is 30.4 Å². The summed E-state index contributed by atoms with van der Waals surface area (Å²) < 4.78 is 28.5. The molecule has 0 bridgehead atoms. The summed E-state index contributed by atoms with van der Waals surface area (Å²) in [6, 6.07) is 9.02. The van der Waals surface area contributed by atoms with Crippen LogP contribution in [-0.2, 0) is 26.0 Å². The number of hydrogen-bond donors (Lipinski definition) is 4. The van der Waals surface area contributed by atoms with Crippen molar-refractivity contribution < 1.29 is 37.9 Å². The lowest BCUT2D eigenvalue weighted by Gasteiger charge is -2.50. The Bertz CT molecular complexity index is 1380. The number of amides is 1. The van der Waals surface area contributed by atoms with Crippen molar-refractivity contribution in [2.75, 3.05) is 26.7 Å². The second-order valence-corrected chi connectivity index (χ2v) is 12.4. The Labute approximate surface area is 247 Å². The van der Waals surface area contributed by atoms with Crippen LogP contribution >= 0.6 is 11.6 Å². The molecule has 42 heavy (non-hydrogen) atoms. The normalized spacial score (nSPS) is 19.9. The van der Waals surface area contributed by atoms with Gasteiger partial charge in [-0.25, -0.2) is 13.2 Å². The summed E-state index contributed by atoms with van der Waals surface area (Å²) in [6.45, 7) is -0.219. The molecule has 0 saturated carbocycles. The average Bonchev–Trinajstić information content (AvgIpc) is 2.97. The molecule has 228 valence electrons. The lowest BCUT2D eigenvalue weighted by Crippen LogP contribution is -2.65. The second kappa shape index (κ2) is 14.1. The number of carboxylic acid groups (broad SMARTS) is 1. The minimum atomic E-state index is -4.10. The van der Waals surface area contributed by atoms with E-state index < -0.39 is 44.9 Å². The number of sulfonamides is 1. The number of rotatable bonds is 14. The van der Waals surface area contributed by atoms with Crippen molar-refractivity contribution in [3.8, 4) is 0 Å². The number of benzene rings is 2. The standard InChI is InChI=1S/C26H32ClN5O9S/c1-30(24(35)23(16-34)28-14-20(15-33)29-25(36)37)26(13-18-3-5-19(27)6-4-18)11-2-12-31(17-26)42(40,41)22-9-7-21(8-10-22)32(38)39/h3-10,15-16,20,23-24,28-29,35H,2,11-14,17H2,1H3,(H,36,37)/t20-,23?,24-,26+/m0/s1. The molecule has 1 saturated heterocycles. The van der Waals surface area contributed by atoms with Gasteiger partial charge in [0.25, 0.3) is 5.69 Å². The van der Waals surface area contributed by atoms with Crippen molar-refractivity contribution in [3.63, 3.8) is 0 Å². The molecule has 1 fully saturated rings. The molecule has 1 unspecified atom stereocenters. The van der Waals surface area contributed by atoms with E-state index in [4.69, 9.17) is 16.7 Å². The zero-order chi connectivity index (χ0) is 31.1. The number of nitro benzene ring substituents is 1. The molecule has 0 aliphatic carbocycles. The molecule has 1 aliphatic heterocycles. The fraction of sp³-hybridized carbons (Fsp3) is 0.423. The van der Waals surface area contributed by atoms with Gasteiger partial charge in [-0.15, -0.1) is 0 Å². The maximum Gasteiger partial charge on any atom is 0.405 e. The largest absolute Gasteiger partial charge is 0.465 e. The number of carbonyl (C=O) groups is 3. The molecular formula is C26H32ClN5O9S. The van der Waals surface area contributed by atoms with Crippen molar-refractivity contribution in [1.29, 1.82) is 0 Å². The summed E-state index contributed by atoms with van der Waals surface area (Å²) in [5.41, 5.74) is -0.503. The van der Waals surface area contributed by atoms with Gasteiger partial charge in [0.2, 0.25) is 10.0 Å². The highest BCUT2D eigenvalue weighted by Crippen LogP contribution is 2.35. The third kappa shape index (κ3) is 7.87. The van der Waals surface area contributed by atoms with Gasteiger partial charge in [0.05, 0.1) is 9.82 Å². The first-order valence-electron chi connectivity index (χ1n) is 12.9. The van der Waals surface area contributed by atoms with E-state index >= 15 is 0 Å². The van der Waals surface area contributed by atoms with Gasteiger partial charge in [0.15, 0.2) is 0 Å². The van der Waals surface area contributed by atoms with E-state index in [1.54, 1.807) is 31.3 Å². The molecule has 1 aliphatic rings. The Hall–Kier alpha value is -3.47. The molecule has 0 spiro atoms. The molecule has 16 heteroatoms. The number of nitrogens with zero attached hydrogens (tertiary/aromatic N) is 3. The zero-order valence-corrected chi connectivity index (χ0v) is 24.2. The van der Waals surface area contributed by atoms with Crippen LogP contribution in [0.5, 0.6) is 0 Å². The quantitative estimate of drug-likeness (QED) is 0.102. The van der Waals surface area contributed by atoms with Crippen LogP contribution in [0.25, 0.3) is 0 Å². The highest BCUT2D eigenvalue weighted by atomic mass is 35.5. The lowest BCUT2D eigenvalue weighted by molar-refractivity contribution is -0.384. The topological polar surface area (TPSA) is 199 Å². The Morgan fingerprint density at radius 3 is 2.38 bits per heavy atom. The molecule has 4 N–H and O–H groups in total. The van der Waals surface area contributed by atoms with Gasteiger partial charge in [0.1, 0.15) is 30.9 Å². The van der Waals surface area contributed by atoms with Crippen LogP contribution in [0.1, 0.15) is 18.4 Å². The summed E-state index contributed by atoms with van der Waals surface area (Å²) in [7, 11) is -2.55. The highest BCUT2D eigenvalue weighted by molar-refractivity contribution is 7.89. The maximum atomic E-state index is 13.6. The van der Waals surface area contributed by atoms with Crippen LogP contribution in [0, 0.1) is 10.1 Å². The number of aliphatic hydroxyl groups excluding tert-OH is 1. The first-order chi connectivity index (χ1) is 19.8. The number of aldehydes is 2. The maximum absolute atomic E-state index is 13.6. The number of hydrogen-bond acceptors (Lipinski definition) is 10. The number of nitrogens with one attached hydrogen (secondary N) is 2. The smallest absolute Gasteiger partial charge is 0.405 e. The van der Waals surface area contributed by atoms with E-state index in [1.165, 1.54) is 21.3 Å². The molecular weight excluding hydrogens is 594 g/mol. The molecule has 1 amide bonds. The van der Waals surface area contributed by atoms with Crippen molar-refractivity contribution in [3.05, 3.63) is 69.2 Å². The molecule has 0 radical (unpaired) electrons. The van der Waals surface area contributed by atoms with Gasteiger partial charge in [-0.2, -0.15) is 4.31 Å². The van der Waals surface area contributed by atoms with Crippen LogP contribution < -0.4 is 10.6 Å². The Morgan fingerprint density at radius 1 is 1.19 bits per heavy atom. The number of nitro groups is 1. The predicted molar refractivity (Wildman–Crippen MR) is 152 cm³/mol. The van der Waals surface area contributed by atoms with E-state index in [9.17, 15) is 38.0 Å². The molecule has 14 nitrogen and oxygen atoms in total. The first-order valence-corrected chi connectivity index (χ1v) is 14.7. The van der Waals surface area contributed by atoms with Gasteiger partial charge in [-0.05, 0) is 56.1 Å². The minimum absolute atomic E-state index is 0.0916. The Kier molecular flexibility index (Phi) is 11.1. The summed E-state index contributed by atoms with van der Waals surface area (Å²) >= 11 is 6.05. The van der Waals surface area contributed by atoms with Gasteiger partial charge in [-0.1, -0.05) is 23.7 Å². The summed E-state index contributed by atoms with van der Waals surface area (Å²) in [5, 5.41) is 36.4. The number of piperidine rings is 1. The predicted octanol–water partition coefficient (Wildman–Crippen LogP) is 1.26. The third-order valence-electron chi connectivity index (χ3n) is 7.31. The van der Waals surface area contributed by atoms with Gasteiger partial charge < -0.3 is 30.4 Å². The highest BCUT2D eigenvalue weighted by Gasteiger charge is 2.46. The molecule has 2 aromatic rings.